The molecule has 4 nitrogen and oxygen atoms in total. The van der Waals surface area contributed by atoms with E-state index in [1.165, 1.54) is 4.70 Å². The molecular weight excluding hydrogens is 268 g/mol. The molecule has 98 valence electrons. The van der Waals surface area contributed by atoms with E-state index in [0.717, 1.165) is 16.3 Å². The van der Waals surface area contributed by atoms with E-state index in [1.54, 1.807) is 23.6 Å². The van der Waals surface area contributed by atoms with Crippen molar-refractivity contribution in [1.29, 1.82) is 5.26 Å². The van der Waals surface area contributed by atoms with Crippen molar-refractivity contribution in [3.8, 4) is 6.07 Å². The second-order valence-electron chi connectivity index (χ2n) is 4.45. The van der Waals surface area contributed by atoms with Crippen LogP contribution in [0.25, 0.3) is 10.2 Å². The fourth-order valence-corrected chi connectivity index (χ4v) is 2.97. The van der Waals surface area contributed by atoms with E-state index in [2.05, 4.69) is 22.1 Å². The zero-order valence-electron chi connectivity index (χ0n) is 10.9. The summed E-state index contributed by atoms with van der Waals surface area (Å²) in [5.74, 6) is 0.836. The van der Waals surface area contributed by atoms with Crippen LogP contribution >= 0.6 is 11.3 Å². The second-order valence-corrected chi connectivity index (χ2v) is 5.56. The van der Waals surface area contributed by atoms with Crippen LogP contribution in [0.4, 0.5) is 5.82 Å². The lowest BCUT2D eigenvalue weighted by Crippen LogP contribution is -2.17. The van der Waals surface area contributed by atoms with Gasteiger partial charge in [0.25, 0.3) is 0 Å². The van der Waals surface area contributed by atoms with Gasteiger partial charge in [0, 0.05) is 13.2 Å². The van der Waals surface area contributed by atoms with Gasteiger partial charge in [-0.05, 0) is 24.3 Å². The minimum atomic E-state index is 0.571. The standard InChI is InChI=1S/C15H12N4S/c1-19(14-7-6-11(8-16)9-17-14)10-15-18-12-4-2-3-5-13(12)20-15/h2-7,9H,10H2,1H3. The van der Waals surface area contributed by atoms with E-state index in [0.29, 0.717) is 12.1 Å². The summed E-state index contributed by atoms with van der Waals surface area (Å²) in [6.07, 6.45) is 1.59. The Kier molecular flexibility index (Phi) is 3.32. The van der Waals surface area contributed by atoms with E-state index in [4.69, 9.17) is 5.26 Å². The van der Waals surface area contributed by atoms with Crippen molar-refractivity contribution in [2.45, 2.75) is 6.54 Å². The Morgan fingerprint density at radius 3 is 2.80 bits per heavy atom. The van der Waals surface area contributed by atoms with Crippen LogP contribution in [0.15, 0.2) is 42.6 Å². The van der Waals surface area contributed by atoms with Gasteiger partial charge in [0.1, 0.15) is 16.9 Å². The third-order valence-electron chi connectivity index (χ3n) is 2.98. The van der Waals surface area contributed by atoms with Gasteiger partial charge >= 0.3 is 0 Å². The average molecular weight is 280 g/mol. The van der Waals surface area contributed by atoms with Crippen molar-refractivity contribution in [3.63, 3.8) is 0 Å². The fraction of sp³-hybridized carbons (Fsp3) is 0.133. The van der Waals surface area contributed by atoms with Crippen molar-refractivity contribution >= 4 is 27.4 Å². The molecule has 3 rings (SSSR count). The first-order valence-corrected chi connectivity index (χ1v) is 6.99. The normalized spacial score (nSPS) is 10.4. The molecule has 0 amide bonds. The first-order chi connectivity index (χ1) is 9.76. The van der Waals surface area contributed by atoms with Gasteiger partial charge in [-0.25, -0.2) is 9.97 Å². The molecule has 0 bridgehead atoms. The molecule has 0 unspecified atom stereocenters. The number of nitriles is 1. The van der Waals surface area contributed by atoms with Gasteiger partial charge in [0.2, 0.25) is 0 Å². The van der Waals surface area contributed by atoms with Crippen LogP contribution in [-0.2, 0) is 6.54 Å². The Balaban J connectivity index is 1.80. The summed E-state index contributed by atoms with van der Waals surface area (Å²) in [5.41, 5.74) is 1.61. The summed E-state index contributed by atoms with van der Waals surface area (Å²) in [6, 6.07) is 13.8. The highest BCUT2D eigenvalue weighted by Gasteiger charge is 2.08. The smallest absolute Gasteiger partial charge is 0.128 e. The maximum Gasteiger partial charge on any atom is 0.128 e. The van der Waals surface area contributed by atoms with Gasteiger partial charge in [0.05, 0.1) is 22.3 Å². The first kappa shape index (κ1) is 12.6. The molecule has 0 fully saturated rings. The molecule has 0 aliphatic heterocycles. The summed E-state index contributed by atoms with van der Waals surface area (Å²) in [7, 11) is 1.97. The first-order valence-electron chi connectivity index (χ1n) is 6.18. The van der Waals surface area contributed by atoms with Crippen molar-refractivity contribution < 1.29 is 0 Å². The molecule has 1 aromatic carbocycles. The van der Waals surface area contributed by atoms with Gasteiger partial charge in [-0.15, -0.1) is 11.3 Å². The summed E-state index contributed by atoms with van der Waals surface area (Å²) in [4.78, 5) is 10.9. The van der Waals surface area contributed by atoms with Crippen LogP contribution in [-0.4, -0.2) is 17.0 Å². The maximum atomic E-state index is 8.77. The van der Waals surface area contributed by atoms with Crippen molar-refractivity contribution in [2.75, 3.05) is 11.9 Å². The minimum absolute atomic E-state index is 0.571. The zero-order chi connectivity index (χ0) is 13.9. The Labute approximate surface area is 120 Å². The Bertz CT molecular complexity index is 737. The summed E-state index contributed by atoms with van der Waals surface area (Å²) < 4.78 is 1.20. The Morgan fingerprint density at radius 2 is 2.10 bits per heavy atom. The zero-order valence-corrected chi connectivity index (χ0v) is 11.8. The third kappa shape index (κ3) is 2.46. The fourth-order valence-electron chi connectivity index (χ4n) is 1.95. The summed E-state index contributed by atoms with van der Waals surface area (Å²) in [6.45, 7) is 0.707. The van der Waals surface area contributed by atoms with Crippen molar-refractivity contribution in [1.82, 2.24) is 9.97 Å². The largest absolute Gasteiger partial charge is 0.353 e. The molecule has 0 saturated carbocycles. The summed E-state index contributed by atoms with van der Waals surface area (Å²) in [5, 5.41) is 9.83. The van der Waals surface area contributed by atoms with Crippen LogP contribution < -0.4 is 4.90 Å². The number of hydrogen-bond donors (Lipinski definition) is 0. The van der Waals surface area contributed by atoms with Gasteiger partial charge in [0.15, 0.2) is 0 Å². The number of anilines is 1. The van der Waals surface area contributed by atoms with E-state index in [-0.39, 0.29) is 0 Å². The molecule has 0 N–H and O–H groups in total. The van der Waals surface area contributed by atoms with E-state index < -0.39 is 0 Å². The Morgan fingerprint density at radius 1 is 1.25 bits per heavy atom. The highest BCUT2D eigenvalue weighted by atomic mass is 32.1. The van der Waals surface area contributed by atoms with Crippen LogP contribution in [0.3, 0.4) is 0 Å². The molecule has 0 aliphatic carbocycles. The SMILES string of the molecule is CN(Cc1nc2ccccc2s1)c1ccc(C#N)cn1. The number of hydrogen-bond acceptors (Lipinski definition) is 5. The monoisotopic (exact) mass is 280 g/mol. The van der Waals surface area contributed by atoms with Gasteiger partial charge in [-0.3, -0.25) is 0 Å². The summed E-state index contributed by atoms with van der Waals surface area (Å²) >= 11 is 1.70. The highest BCUT2D eigenvalue weighted by Crippen LogP contribution is 2.23. The van der Waals surface area contributed by atoms with Crippen LogP contribution in [0.2, 0.25) is 0 Å². The molecule has 0 atom stereocenters. The number of pyridine rings is 1. The number of fused-ring (bicyclic) bond motifs is 1. The predicted octanol–water partition coefficient (Wildman–Crippen LogP) is 3.20. The molecule has 0 aliphatic rings. The molecule has 5 heteroatoms. The molecule has 0 saturated heterocycles. The van der Waals surface area contributed by atoms with Crippen molar-refractivity contribution in [3.05, 3.63) is 53.2 Å². The van der Waals surface area contributed by atoms with E-state index in [1.807, 2.05) is 36.2 Å². The lowest BCUT2D eigenvalue weighted by atomic mass is 10.3. The molecule has 2 heterocycles. The molecule has 0 radical (unpaired) electrons. The minimum Gasteiger partial charge on any atom is -0.353 e. The van der Waals surface area contributed by atoms with Crippen LogP contribution in [0.5, 0.6) is 0 Å². The van der Waals surface area contributed by atoms with Crippen LogP contribution in [0, 0.1) is 11.3 Å². The van der Waals surface area contributed by atoms with E-state index >= 15 is 0 Å². The molecule has 20 heavy (non-hydrogen) atoms. The third-order valence-corrected chi connectivity index (χ3v) is 4.00. The molecule has 0 spiro atoms. The topological polar surface area (TPSA) is 52.8 Å². The second kappa shape index (κ2) is 5.27. The highest BCUT2D eigenvalue weighted by molar-refractivity contribution is 7.18. The maximum absolute atomic E-state index is 8.77. The van der Waals surface area contributed by atoms with Crippen LogP contribution in [0.1, 0.15) is 10.6 Å². The molecule has 3 aromatic rings. The Hall–Kier alpha value is -2.45. The number of rotatable bonds is 3. The van der Waals surface area contributed by atoms with Gasteiger partial charge in [-0.1, -0.05) is 12.1 Å². The molecule has 2 aromatic heterocycles. The number of benzene rings is 1. The van der Waals surface area contributed by atoms with E-state index in [9.17, 15) is 0 Å². The number of aromatic nitrogens is 2. The number of thiazole rings is 1. The van der Waals surface area contributed by atoms with Crippen molar-refractivity contribution in [2.24, 2.45) is 0 Å². The number of para-hydroxylation sites is 1. The predicted molar refractivity (Wildman–Crippen MR) is 80.7 cm³/mol. The van der Waals surface area contributed by atoms with Gasteiger partial charge < -0.3 is 4.90 Å². The average Bonchev–Trinajstić information content (AvgIpc) is 2.89. The quantitative estimate of drug-likeness (QED) is 0.739. The lowest BCUT2D eigenvalue weighted by molar-refractivity contribution is 0.890. The van der Waals surface area contributed by atoms with Gasteiger partial charge in [-0.2, -0.15) is 5.26 Å². The molecular formula is C15H12N4S. The lowest BCUT2D eigenvalue weighted by Gasteiger charge is -2.16. The number of nitrogens with zero attached hydrogens (tertiary/aromatic N) is 4.